The molecule has 26 heavy (non-hydrogen) atoms. The molecular weight excluding hydrogens is 342 g/mol. The van der Waals surface area contributed by atoms with Crippen molar-refractivity contribution in [3.05, 3.63) is 72.6 Å². The molecule has 2 aromatic heterocycles. The molecule has 0 aliphatic carbocycles. The molecule has 1 atom stereocenters. The molecule has 0 aliphatic heterocycles. The second kappa shape index (κ2) is 7.17. The number of nitrogens with zero attached hydrogens (tertiary/aromatic N) is 3. The maximum absolute atomic E-state index is 11.6. The topological polar surface area (TPSA) is 58.9 Å². The minimum absolute atomic E-state index is 0.480. The first-order valence-electron chi connectivity index (χ1n) is 8.45. The van der Waals surface area contributed by atoms with Crippen molar-refractivity contribution in [2.75, 3.05) is 6.26 Å². The van der Waals surface area contributed by atoms with Gasteiger partial charge in [-0.25, -0.2) is 9.97 Å². The highest BCUT2D eigenvalue weighted by molar-refractivity contribution is 7.98. The Kier molecular flexibility index (Phi) is 5.12. The van der Waals surface area contributed by atoms with Gasteiger partial charge in [0.2, 0.25) is 0 Å². The predicted octanol–water partition coefficient (Wildman–Crippen LogP) is 4.54. The zero-order valence-corrected chi connectivity index (χ0v) is 16.3. The molecule has 0 fully saturated rings. The molecule has 134 valence electrons. The molecule has 0 bridgehead atoms. The number of rotatable bonds is 4. The minimum Gasteiger partial charge on any atom is -0.378 e. The molecule has 0 radical (unpaired) electrons. The largest absolute Gasteiger partial charge is 0.378 e. The van der Waals surface area contributed by atoms with Crippen molar-refractivity contribution in [3.8, 4) is 11.1 Å². The van der Waals surface area contributed by atoms with Crippen molar-refractivity contribution in [2.45, 2.75) is 31.3 Å². The summed E-state index contributed by atoms with van der Waals surface area (Å²) in [6.45, 7) is 5.95. The van der Waals surface area contributed by atoms with E-state index in [4.69, 9.17) is 0 Å². The molecule has 0 spiro atoms. The summed E-state index contributed by atoms with van der Waals surface area (Å²) in [7, 11) is 0. The Balaban J connectivity index is 2.01. The standard InChI is InChI=1S/C21H23N3OS/c1-20(2,3)21(25,17-12-22-14-23-13-17)19-10-7-16(11-24-19)15-5-8-18(26-4)9-6-15/h5-14,25H,1-4H3. The van der Waals surface area contributed by atoms with E-state index in [1.165, 1.54) is 11.2 Å². The van der Waals surface area contributed by atoms with Gasteiger partial charge in [-0.2, -0.15) is 0 Å². The number of thioether (sulfide) groups is 1. The van der Waals surface area contributed by atoms with Gasteiger partial charge in [0.05, 0.1) is 5.69 Å². The van der Waals surface area contributed by atoms with Gasteiger partial charge in [0.15, 0.2) is 0 Å². The third-order valence-electron chi connectivity index (χ3n) is 4.62. The van der Waals surface area contributed by atoms with E-state index in [2.05, 4.69) is 45.5 Å². The van der Waals surface area contributed by atoms with Crippen LogP contribution in [0.25, 0.3) is 11.1 Å². The van der Waals surface area contributed by atoms with Crippen molar-refractivity contribution in [1.29, 1.82) is 0 Å². The second-order valence-electron chi connectivity index (χ2n) is 7.25. The number of hydrogen-bond donors (Lipinski definition) is 1. The Hall–Kier alpha value is -2.24. The van der Waals surface area contributed by atoms with Crippen molar-refractivity contribution in [1.82, 2.24) is 15.0 Å². The van der Waals surface area contributed by atoms with Gasteiger partial charge in [-0.1, -0.05) is 39.0 Å². The molecule has 1 unspecified atom stereocenters. The summed E-state index contributed by atoms with van der Waals surface area (Å²) in [5.74, 6) is 0. The van der Waals surface area contributed by atoms with E-state index in [9.17, 15) is 5.11 Å². The Labute approximate surface area is 158 Å². The van der Waals surface area contributed by atoms with Crippen LogP contribution in [-0.4, -0.2) is 26.3 Å². The van der Waals surface area contributed by atoms with Crippen LogP contribution >= 0.6 is 11.8 Å². The third kappa shape index (κ3) is 3.37. The zero-order chi connectivity index (χ0) is 18.8. The smallest absolute Gasteiger partial charge is 0.139 e. The Bertz CT molecular complexity index is 859. The Morgan fingerprint density at radius 1 is 0.846 bits per heavy atom. The van der Waals surface area contributed by atoms with Gasteiger partial charge in [-0.05, 0) is 30.0 Å². The van der Waals surface area contributed by atoms with E-state index in [-0.39, 0.29) is 0 Å². The fraction of sp³-hybridized carbons (Fsp3) is 0.286. The summed E-state index contributed by atoms with van der Waals surface area (Å²) in [4.78, 5) is 14.0. The average Bonchev–Trinajstić information content (AvgIpc) is 2.67. The highest BCUT2D eigenvalue weighted by Crippen LogP contribution is 2.43. The monoisotopic (exact) mass is 365 g/mol. The molecule has 1 aromatic carbocycles. The highest BCUT2D eigenvalue weighted by atomic mass is 32.2. The van der Waals surface area contributed by atoms with Crippen LogP contribution in [0.1, 0.15) is 32.0 Å². The molecular formula is C21H23N3OS. The molecule has 5 heteroatoms. The summed E-state index contributed by atoms with van der Waals surface area (Å²) in [5, 5.41) is 11.6. The van der Waals surface area contributed by atoms with Crippen LogP contribution in [0.4, 0.5) is 0 Å². The lowest BCUT2D eigenvalue weighted by Gasteiger charge is -2.39. The maximum Gasteiger partial charge on any atom is 0.139 e. The summed E-state index contributed by atoms with van der Waals surface area (Å²) < 4.78 is 0. The lowest BCUT2D eigenvalue weighted by atomic mass is 9.70. The summed E-state index contributed by atoms with van der Waals surface area (Å²) in [6.07, 6.45) is 8.63. The fourth-order valence-corrected chi connectivity index (χ4v) is 3.42. The Morgan fingerprint density at radius 2 is 1.46 bits per heavy atom. The van der Waals surface area contributed by atoms with E-state index >= 15 is 0 Å². The summed E-state index contributed by atoms with van der Waals surface area (Å²) >= 11 is 1.72. The lowest BCUT2D eigenvalue weighted by molar-refractivity contribution is -0.0301. The van der Waals surface area contributed by atoms with E-state index in [1.54, 1.807) is 24.2 Å². The molecule has 1 N–H and O–H groups in total. The van der Waals surface area contributed by atoms with E-state index in [0.29, 0.717) is 11.3 Å². The van der Waals surface area contributed by atoms with Crippen molar-refractivity contribution in [2.24, 2.45) is 5.41 Å². The molecule has 0 amide bonds. The molecule has 0 saturated heterocycles. The molecule has 4 nitrogen and oxygen atoms in total. The quantitative estimate of drug-likeness (QED) is 0.688. The van der Waals surface area contributed by atoms with Crippen LogP contribution in [0.3, 0.4) is 0 Å². The minimum atomic E-state index is -1.28. The molecule has 0 saturated carbocycles. The number of benzene rings is 1. The predicted molar refractivity (Wildman–Crippen MR) is 106 cm³/mol. The molecule has 3 rings (SSSR count). The van der Waals surface area contributed by atoms with Crippen molar-refractivity contribution < 1.29 is 5.11 Å². The van der Waals surface area contributed by atoms with Gasteiger partial charge in [0, 0.05) is 40.0 Å². The van der Waals surface area contributed by atoms with Crippen LogP contribution < -0.4 is 0 Å². The molecule has 0 aliphatic rings. The van der Waals surface area contributed by atoms with Gasteiger partial charge >= 0.3 is 0 Å². The summed E-state index contributed by atoms with van der Waals surface area (Å²) in [6, 6.07) is 12.3. The van der Waals surface area contributed by atoms with E-state index < -0.39 is 11.0 Å². The number of hydrogen-bond acceptors (Lipinski definition) is 5. The highest BCUT2D eigenvalue weighted by Gasteiger charge is 2.45. The number of pyridine rings is 1. The molecule has 2 heterocycles. The first-order chi connectivity index (χ1) is 12.4. The normalized spacial score (nSPS) is 14.0. The second-order valence-corrected chi connectivity index (χ2v) is 8.13. The van der Waals surface area contributed by atoms with Gasteiger partial charge in [-0.15, -0.1) is 11.8 Å². The van der Waals surface area contributed by atoms with Gasteiger partial charge in [-0.3, -0.25) is 4.98 Å². The van der Waals surface area contributed by atoms with E-state index in [0.717, 1.165) is 11.1 Å². The number of aromatic nitrogens is 3. The third-order valence-corrected chi connectivity index (χ3v) is 5.36. The lowest BCUT2D eigenvalue weighted by Crippen LogP contribution is -2.42. The first-order valence-corrected chi connectivity index (χ1v) is 9.67. The van der Waals surface area contributed by atoms with Gasteiger partial charge < -0.3 is 5.11 Å². The number of aliphatic hydroxyl groups is 1. The van der Waals surface area contributed by atoms with Crippen molar-refractivity contribution >= 4 is 11.8 Å². The zero-order valence-electron chi connectivity index (χ0n) is 15.5. The van der Waals surface area contributed by atoms with Crippen LogP contribution in [0.2, 0.25) is 0 Å². The van der Waals surface area contributed by atoms with Crippen LogP contribution in [0, 0.1) is 5.41 Å². The first kappa shape index (κ1) is 18.5. The van der Waals surface area contributed by atoms with Gasteiger partial charge in [0.25, 0.3) is 0 Å². The van der Waals surface area contributed by atoms with Crippen LogP contribution in [0.15, 0.2) is 66.2 Å². The summed E-state index contributed by atoms with van der Waals surface area (Å²) in [5.41, 5.74) is 1.58. The van der Waals surface area contributed by atoms with Crippen LogP contribution in [0.5, 0.6) is 0 Å². The Morgan fingerprint density at radius 3 is 1.96 bits per heavy atom. The SMILES string of the molecule is CSc1ccc(-c2ccc(C(O)(c3cncnc3)C(C)(C)C)nc2)cc1. The van der Waals surface area contributed by atoms with Crippen molar-refractivity contribution in [3.63, 3.8) is 0 Å². The fourth-order valence-electron chi connectivity index (χ4n) is 3.01. The average molecular weight is 366 g/mol. The van der Waals surface area contributed by atoms with Crippen LogP contribution in [-0.2, 0) is 5.60 Å². The van der Waals surface area contributed by atoms with E-state index in [1.807, 2.05) is 39.1 Å². The molecule has 3 aromatic rings. The van der Waals surface area contributed by atoms with Gasteiger partial charge in [0.1, 0.15) is 11.9 Å². The maximum atomic E-state index is 11.6.